The molecule has 0 saturated heterocycles. The Morgan fingerprint density at radius 1 is 1.44 bits per heavy atom. The molecule has 0 heterocycles. The molecule has 18 heavy (non-hydrogen) atoms. The molecule has 0 aliphatic heterocycles. The molecule has 0 aliphatic rings. The van der Waals surface area contributed by atoms with Gasteiger partial charge in [0.25, 0.3) is 5.91 Å². The van der Waals surface area contributed by atoms with Crippen LogP contribution in [0.2, 0.25) is 0 Å². The lowest BCUT2D eigenvalue weighted by Crippen LogP contribution is -2.43. The highest BCUT2D eigenvalue weighted by atomic mass is 79.9. The third-order valence-corrected chi connectivity index (χ3v) is 2.90. The number of rotatable bonds is 4. The third kappa shape index (κ3) is 5.06. The van der Waals surface area contributed by atoms with E-state index < -0.39 is 0 Å². The van der Waals surface area contributed by atoms with Gasteiger partial charge in [0.15, 0.2) is 6.61 Å². The molecule has 3 N–H and O–H groups in total. The topological polar surface area (TPSA) is 64.3 Å². The lowest BCUT2D eigenvalue weighted by Gasteiger charge is -2.20. The van der Waals surface area contributed by atoms with E-state index in [4.69, 9.17) is 10.5 Å². The number of ether oxygens (including phenoxy) is 1. The van der Waals surface area contributed by atoms with Crippen molar-refractivity contribution in [3.05, 3.63) is 28.2 Å². The molecule has 0 radical (unpaired) electrons. The third-order valence-electron chi connectivity index (χ3n) is 2.12. The van der Waals surface area contributed by atoms with E-state index in [9.17, 15) is 4.79 Å². The van der Waals surface area contributed by atoms with Gasteiger partial charge in [-0.15, -0.1) is 0 Å². The Morgan fingerprint density at radius 2 is 2.11 bits per heavy atom. The number of nitrogens with two attached hydrogens (primary N) is 1. The zero-order valence-corrected chi connectivity index (χ0v) is 12.5. The number of hydrogen-bond acceptors (Lipinski definition) is 3. The molecule has 1 rings (SSSR count). The Morgan fingerprint density at radius 3 is 2.67 bits per heavy atom. The molecule has 0 aromatic heterocycles. The van der Waals surface area contributed by atoms with Gasteiger partial charge in [0.05, 0.1) is 0 Å². The van der Waals surface area contributed by atoms with E-state index in [0.717, 1.165) is 10.0 Å². The summed E-state index contributed by atoms with van der Waals surface area (Å²) in [5.41, 5.74) is 6.29. The second kappa shape index (κ2) is 6.20. The van der Waals surface area contributed by atoms with Crippen LogP contribution in [0.1, 0.15) is 26.3 Å². The first-order valence-corrected chi connectivity index (χ1v) is 6.53. The lowest BCUT2D eigenvalue weighted by molar-refractivity contribution is -0.124. The van der Waals surface area contributed by atoms with Gasteiger partial charge in [-0.3, -0.25) is 4.79 Å². The van der Waals surface area contributed by atoms with E-state index in [1.54, 1.807) is 6.07 Å². The van der Waals surface area contributed by atoms with Crippen LogP contribution in [-0.2, 0) is 11.3 Å². The summed E-state index contributed by atoms with van der Waals surface area (Å²) in [6.07, 6.45) is 0. The first-order chi connectivity index (χ1) is 8.31. The zero-order chi connectivity index (χ0) is 13.8. The number of hydrogen-bond donors (Lipinski definition) is 2. The highest BCUT2D eigenvalue weighted by molar-refractivity contribution is 9.10. The van der Waals surface area contributed by atoms with Crippen molar-refractivity contribution < 1.29 is 9.53 Å². The van der Waals surface area contributed by atoms with E-state index in [1.165, 1.54) is 0 Å². The molecule has 0 aliphatic carbocycles. The maximum absolute atomic E-state index is 11.6. The van der Waals surface area contributed by atoms with Gasteiger partial charge in [-0.25, -0.2) is 0 Å². The first-order valence-electron chi connectivity index (χ1n) is 5.74. The van der Waals surface area contributed by atoms with Crippen molar-refractivity contribution in [1.29, 1.82) is 0 Å². The van der Waals surface area contributed by atoms with Gasteiger partial charge in [0.1, 0.15) is 5.75 Å². The number of amides is 1. The summed E-state index contributed by atoms with van der Waals surface area (Å²) in [5, 5.41) is 2.83. The fraction of sp³-hybridized carbons (Fsp3) is 0.462. The minimum Gasteiger partial charge on any atom is -0.484 e. The average molecular weight is 315 g/mol. The summed E-state index contributed by atoms with van der Waals surface area (Å²) in [5.74, 6) is 0.502. The fourth-order valence-electron chi connectivity index (χ4n) is 1.40. The zero-order valence-electron chi connectivity index (χ0n) is 10.9. The predicted molar refractivity (Wildman–Crippen MR) is 75.4 cm³/mol. The first kappa shape index (κ1) is 15.0. The van der Waals surface area contributed by atoms with Crippen molar-refractivity contribution in [2.24, 2.45) is 5.73 Å². The number of benzene rings is 1. The van der Waals surface area contributed by atoms with Crippen LogP contribution in [-0.4, -0.2) is 18.1 Å². The van der Waals surface area contributed by atoms with Crippen LogP contribution < -0.4 is 15.8 Å². The molecule has 0 bridgehead atoms. The summed E-state index contributed by atoms with van der Waals surface area (Å²) in [6, 6.07) is 5.49. The SMILES string of the molecule is CC(C)(C)NC(=O)COc1ccc(Br)c(CN)c1. The summed E-state index contributed by atoms with van der Waals surface area (Å²) >= 11 is 3.40. The molecular weight excluding hydrogens is 296 g/mol. The van der Waals surface area contributed by atoms with E-state index >= 15 is 0 Å². The fourth-order valence-corrected chi connectivity index (χ4v) is 1.81. The van der Waals surface area contributed by atoms with Crippen LogP contribution in [0.25, 0.3) is 0 Å². The summed E-state index contributed by atoms with van der Waals surface area (Å²) in [7, 11) is 0. The van der Waals surface area contributed by atoms with Crippen LogP contribution >= 0.6 is 15.9 Å². The van der Waals surface area contributed by atoms with Crippen molar-refractivity contribution >= 4 is 21.8 Å². The summed E-state index contributed by atoms with van der Waals surface area (Å²) in [4.78, 5) is 11.6. The highest BCUT2D eigenvalue weighted by Gasteiger charge is 2.14. The van der Waals surface area contributed by atoms with Gasteiger partial charge in [-0.05, 0) is 44.5 Å². The molecule has 1 amide bonds. The van der Waals surface area contributed by atoms with Crippen LogP contribution in [0.15, 0.2) is 22.7 Å². The molecule has 5 heteroatoms. The van der Waals surface area contributed by atoms with Crippen molar-refractivity contribution in [1.82, 2.24) is 5.32 Å². The highest BCUT2D eigenvalue weighted by Crippen LogP contribution is 2.22. The van der Waals surface area contributed by atoms with E-state index in [-0.39, 0.29) is 18.1 Å². The molecule has 0 fully saturated rings. The minimum absolute atomic E-state index is 0.00289. The van der Waals surface area contributed by atoms with Crippen molar-refractivity contribution in [3.63, 3.8) is 0 Å². The Kier molecular flexibility index (Phi) is 5.16. The van der Waals surface area contributed by atoms with Gasteiger partial charge in [0.2, 0.25) is 0 Å². The van der Waals surface area contributed by atoms with Crippen LogP contribution in [0.4, 0.5) is 0 Å². The Labute approximate surface area is 116 Å². The monoisotopic (exact) mass is 314 g/mol. The van der Waals surface area contributed by atoms with Crippen LogP contribution in [0, 0.1) is 0 Å². The smallest absolute Gasteiger partial charge is 0.258 e. The molecule has 0 spiro atoms. The number of carbonyl (C=O) groups is 1. The van der Waals surface area contributed by atoms with Crippen molar-refractivity contribution in [2.45, 2.75) is 32.9 Å². The van der Waals surface area contributed by atoms with E-state index in [1.807, 2.05) is 32.9 Å². The number of nitrogens with one attached hydrogen (secondary N) is 1. The van der Waals surface area contributed by atoms with Gasteiger partial charge in [0, 0.05) is 16.6 Å². The molecule has 0 saturated carbocycles. The maximum atomic E-state index is 11.6. The average Bonchev–Trinajstić information content (AvgIpc) is 2.25. The lowest BCUT2D eigenvalue weighted by atomic mass is 10.1. The molecular formula is C13H19BrN2O2. The summed E-state index contributed by atoms with van der Waals surface area (Å²) in [6.45, 7) is 6.21. The number of carbonyl (C=O) groups excluding carboxylic acids is 1. The van der Waals surface area contributed by atoms with Gasteiger partial charge in [-0.1, -0.05) is 15.9 Å². The second-order valence-corrected chi connectivity index (χ2v) is 5.90. The molecule has 4 nitrogen and oxygen atoms in total. The largest absolute Gasteiger partial charge is 0.484 e. The molecule has 0 atom stereocenters. The standard InChI is InChI=1S/C13H19BrN2O2/c1-13(2,3)16-12(17)8-18-10-4-5-11(14)9(6-10)7-15/h4-6H,7-8,15H2,1-3H3,(H,16,17). The normalized spacial score (nSPS) is 11.2. The molecule has 1 aromatic carbocycles. The Bertz CT molecular complexity index is 427. The minimum atomic E-state index is -0.247. The number of halogens is 1. The molecule has 0 unspecified atom stereocenters. The van der Waals surface area contributed by atoms with Crippen LogP contribution in [0.3, 0.4) is 0 Å². The van der Waals surface area contributed by atoms with Gasteiger partial charge in [-0.2, -0.15) is 0 Å². The van der Waals surface area contributed by atoms with Crippen molar-refractivity contribution in [2.75, 3.05) is 6.61 Å². The van der Waals surface area contributed by atoms with E-state index in [0.29, 0.717) is 12.3 Å². The Balaban J connectivity index is 2.56. The van der Waals surface area contributed by atoms with Crippen LogP contribution in [0.5, 0.6) is 5.75 Å². The maximum Gasteiger partial charge on any atom is 0.258 e. The molecule has 1 aromatic rings. The summed E-state index contributed by atoms with van der Waals surface area (Å²) < 4.78 is 6.36. The van der Waals surface area contributed by atoms with Crippen molar-refractivity contribution in [3.8, 4) is 5.75 Å². The Hall–Kier alpha value is -1.07. The van der Waals surface area contributed by atoms with E-state index in [2.05, 4.69) is 21.2 Å². The quantitative estimate of drug-likeness (QED) is 0.895. The molecule has 100 valence electrons. The predicted octanol–water partition coefficient (Wildman–Crippen LogP) is 2.20. The van der Waals surface area contributed by atoms with Gasteiger partial charge >= 0.3 is 0 Å². The second-order valence-electron chi connectivity index (χ2n) is 5.04. The van der Waals surface area contributed by atoms with Gasteiger partial charge < -0.3 is 15.8 Å².